The summed E-state index contributed by atoms with van der Waals surface area (Å²) in [6.07, 6.45) is 0. The normalized spacial score (nSPS) is 10.7. The Balaban J connectivity index is 2.95. The van der Waals surface area contributed by atoms with E-state index in [4.69, 9.17) is 5.73 Å². The topological polar surface area (TPSA) is 45.9 Å². The van der Waals surface area contributed by atoms with Crippen LogP contribution in [0.5, 0.6) is 0 Å². The van der Waals surface area contributed by atoms with Gasteiger partial charge in [-0.05, 0) is 7.05 Å². The van der Waals surface area contributed by atoms with Crippen LogP contribution in [-0.2, 0) is 0 Å². The van der Waals surface area contributed by atoms with Crippen LogP contribution in [-0.4, -0.2) is 38.1 Å². The van der Waals surface area contributed by atoms with E-state index in [9.17, 15) is 0 Å². The predicted molar refractivity (Wildman–Crippen MR) is 38.7 cm³/mol. The number of quaternary nitrogens is 1. The monoisotopic (exact) mass is 131 g/mol. The van der Waals surface area contributed by atoms with Gasteiger partial charge in [0.25, 0.3) is 0 Å². The molecule has 0 atom stereocenters. The third kappa shape index (κ3) is 5.76. The molecule has 0 heterocycles. The maximum Gasteiger partial charge on any atom is 0.0644 e. The van der Waals surface area contributed by atoms with Gasteiger partial charge in [0.15, 0.2) is 0 Å². The third-order valence-corrected chi connectivity index (χ3v) is 1.23. The molecule has 3 nitrogen and oxygen atoms in total. The van der Waals surface area contributed by atoms with Gasteiger partial charge in [-0.3, -0.25) is 4.90 Å². The molecule has 0 aromatic rings. The van der Waals surface area contributed by atoms with Gasteiger partial charge < -0.3 is 11.1 Å². The molecule has 56 valence electrons. The molecule has 0 radical (unpaired) electrons. The molecule has 0 unspecified atom stereocenters. The highest BCUT2D eigenvalue weighted by molar-refractivity contribution is 4.48. The Kier molecular flexibility index (Phi) is 5.93. The molecule has 0 saturated heterocycles. The lowest BCUT2D eigenvalue weighted by Crippen LogP contribution is -2.78. The summed E-state index contributed by atoms with van der Waals surface area (Å²) in [4.78, 5) is 2.20. The molecule has 0 aromatic carbocycles. The van der Waals surface area contributed by atoms with Crippen molar-refractivity contribution >= 4 is 0 Å². The third-order valence-electron chi connectivity index (χ3n) is 1.23. The maximum absolute atomic E-state index is 5.33. The van der Waals surface area contributed by atoms with Crippen molar-refractivity contribution in [3.05, 3.63) is 7.05 Å². The van der Waals surface area contributed by atoms with Crippen LogP contribution in [0.2, 0.25) is 0 Å². The minimum Gasteiger partial charge on any atom is -0.478 e. The zero-order valence-corrected chi connectivity index (χ0v) is 6.14. The fourth-order valence-electron chi connectivity index (χ4n) is 0.644. The van der Waals surface area contributed by atoms with Crippen molar-refractivity contribution in [2.75, 3.05) is 33.2 Å². The quantitative estimate of drug-likeness (QED) is 0.434. The maximum atomic E-state index is 5.33. The number of likely N-dealkylation sites (N-methyl/N-ethyl adjacent to an activating group) is 1. The second kappa shape index (κ2) is 6.01. The van der Waals surface area contributed by atoms with Crippen LogP contribution < -0.4 is 11.1 Å². The van der Waals surface area contributed by atoms with E-state index >= 15 is 0 Å². The zero-order chi connectivity index (χ0) is 7.11. The fourth-order valence-corrected chi connectivity index (χ4v) is 0.644. The molecule has 0 aliphatic heterocycles. The molecule has 0 saturated carbocycles. The van der Waals surface area contributed by atoms with E-state index < -0.39 is 0 Å². The Hall–Kier alpha value is -0.120. The summed E-state index contributed by atoms with van der Waals surface area (Å²) in [5, 5.41) is 1.92. The van der Waals surface area contributed by atoms with Gasteiger partial charge in [0.2, 0.25) is 0 Å². The standard InChI is InChI=1S/C6H17N3/c1-8-4-6-9(2)5-3-7/h1,3-8H2,2H3. The number of nitrogens with zero attached hydrogens (tertiary/aromatic N) is 1. The smallest absolute Gasteiger partial charge is 0.0644 e. The van der Waals surface area contributed by atoms with Gasteiger partial charge in [-0.15, -0.1) is 0 Å². The highest BCUT2D eigenvalue weighted by Gasteiger charge is 1.92. The second-order valence-electron chi connectivity index (χ2n) is 2.17. The first-order valence-electron chi connectivity index (χ1n) is 3.30. The molecule has 0 aromatic heterocycles. The van der Waals surface area contributed by atoms with E-state index in [0.717, 1.165) is 26.2 Å². The first-order valence-corrected chi connectivity index (χ1v) is 3.30. The Morgan fingerprint density at radius 2 is 2.22 bits per heavy atom. The lowest BCUT2D eigenvalue weighted by Gasteiger charge is -2.13. The molecule has 0 aliphatic carbocycles. The first kappa shape index (κ1) is 8.88. The van der Waals surface area contributed by atoms with E-state index in [0.29, 0.717) is 0 Å². The van der Waals surface area contributed by atoms with Gasteiger partial charge in [-0.1, -0.05) is 0 Å². The Morgan fingerprint density at radius 3 is 2.67 bits per heavy atom. The summed E-state index contributed by atoms with van der Waals surface area (Å²) in [6, 6.07) is 0. The van der Waals surface area contributed by atoms with Crippen LogP contribution in [0.3, 0.4) is 0 Å². The Morgan fingerprint density at radius 1 is 1.56 bits per heavy atom. The lowest BCUT2D eigenvalue weighted by atomic mass is 10.5. The molecule has 3 heteroatoms. The van der Waals surface area contributed by atoms with E-state index in [1.165, 1.54) is 0 Å². The Labute approximate surface area is 57.2 Å². The SMILES string of the molecule is [CH2-][NH2+]CCN(C)CCN. The predicted octanol–water partition coefficient (Wildman–Crippen LogP) is -1.77. The summed E-state index contributed by atoms with van der Waals surface area (Å²) in [6.45, 7) is 3.85. The molecule has 4 N–H and O–H groups in total. The highest BCUT2D eigenvalue weighted by atomic mass is 15.1. The number of nitrogens with two attached hydrogens (primary N) is 2. The molecule has 0 rings (SSSR count). The largest absolute Gasteiger partial charge is 0.478 e. The number of rotatable bonds is 5. The molecule has 0 fully saturated rings. The van der Waals surface area contributed by atoms with Crippen LogP contribution in [0.4, 0.5) is 0 Å². The van der Waals surface area contributed by atoms with Gasteiger partial charge in [0.05, 0.1) is 6.54 Å². The van der Waals surface area contributed by atoms with Crippen LogP contribution >= 0.6 is 0 Å². The summed E-state index contributed by atoms with van der Waals surface area (Å²) in [5.41, 5.74) is 5.33. The average Bonchev–Trinajstić information content (AvgIpc) is 1.85. The molecule has 0 aliphatic rings. The van der Waals surface area contributed by atoms with Crippen molar-refractivity contribution in [2.45, 2.75) is 0 Å². The van der Waals surface area contributed by atoms with Crippen LogP contribution in [0.1, 0.15) is 0 Å². The fraction of sp³-hybridized carbons (Fsp3) is 0.833. The van der Waals surface area contributed by atoms with Crippen molar-refractivity contribution in [2.24, 2.45) is 5.73 Å². The second-order valence-corrected chi connectivity index (χ2v) is 2.17. The van der Waals surface area contributed by atoms with Crippen molar-refractivity contribution in [1.29, 1.82) is 0 Å². The van der Waals surface area contributed by atoms with Crippen molar-refractivity contribution < 1.29 is 5.32 Å². The highest BCUT2D eigenvalue weighted by Crippen LogP contribution is 1.73. The lowest BCUT2D eigenvalue weighted by molar-refractivity contribution is -0.595. The van der Waals surface area contributed by atoms with Gasteiger partial charge >= 0.3 is 0 Å². The summed E-state index contributed by atoms with van der Waals surface area (Å²) < 4.78 is 0. The summed E-state index contributed by atoms with van der Waals surface area (Å²) in [5.74, 6) is 0. The molecule has 9 heavy (non-hydrogen) atoms. The Bertz CT molecular complexity index is 56.3. The van der Waals surface area contributed by atoms with Gasteiger partial charge in [-0.2, -0.15) is 7.05 Å². The number of hydrogen-bond acceptors (Lipinski definition) is 2. The first-order chi connectivity index (χ1) is 4.31. The molecular formula is C6H17N3. The molecule has 0 amide bonds. The summed E-state index contributed by atoms with van der Waals surface area (Å²) >= 11 is 0. The van der Waals surface area contributed by atoms with Crippen LogP contribution in [0.15, 0.2) is 0 Å². The van der Waals surface area contributed by atoms with Gasteiger partial charge in [0, 0.05) is 19.6 Å². The van der Waals surface area contributed by atoms with Crippen molar-refractivity contribution in [3.8, 4) is 0 Å². The van der Waals surface area contributed by atoms with Crippen LogP contribution in [0, 0.1) is 7.05 Å². The van der Waals surface area contributed by atoms with E-state index in [2.05, 4.69) is 19.0 Å². The molecule has 0 spiro atoms. The van der Waals surface area contributed by atoms with E-state index in [-0.39, 0.29) is 0 Å². The van der Waals surface area contributed by atoms with E-state index in [1.54, 1.807) is 0 Å². The zero-order valence-electron chi connectivity index (χ0n) is 6.14. The number of hydrogen-bond donors (Lipinski definition) is 2. The molecule has 0 bridgehead atoms. The van der Waals surface area contributed by atoms with Crippen molar-refractivity contribution in [3.63, 3.8) is 0 Å². The van der Waals surface area contributed by atoms with Gasteiger partial charge in [-0.25, -0.2) is 0 Å². The van der Waals surface area contributed by atoms with Crippen LogP contribution in [0.25, 0.3) is 0 Å². The molecular weight excluding hydrogens is 114 g/mol. The van der Waals surface area contributed by atoms with Gasteiger partial charge in [0.1, 0.15) is 0 Å². The summed E-state index contributed by atoms with van der Waals surface area (Å²) in [7, 11) is 5.70. The van der Waals surface area contributed by atoms with E-state index in [1.807, 2.05) is 5.32 Å². The minimum atomic E-state index is 0.744. The minimum absolute atomic E-state index is 0.744. The van der Waals surface area contributed by atoms with Crippen molar-refractivity contribution in [1.82, 2.24) is 4.90 Å². The average molecular weight is 131 g/mol.